The Labute approximate surface area is 91.5 Å². The minimum Gasteiger partial charge on any atom is -0.192 e. The smallest absolute Gasteiger partial charge is 0.0994 e. The van der Waals surface area contributed by atoms with Crippen molar-refractivity contribution in [3.63, 3.8) is 0 Å². The lowest BCUT2D eigenvalue weighted by Crippen LogP contribution is -1.87. The van der Waals surface area contributed by atoms with Crippen molar-refractivity contribution >= 4 is 33.0 Å². The molecule has 0 saturated heterocycles. The van der Waals surface area contributed by atoms with Crippen LogP contribution in [0.4, 0.5) is 0 Å². The maximum Gasteiger partial charge on any atom is 0.0994 e. The summed E-state index contributed by atoms with van der Waals surface area (Å²) in [5, 5.41) is 10.1. The number of hydrogen-bond donors (Lipinski definition) is 0. The Bertz CT molecular complexity index is 522. The molecule has 1 nitrogen and oxygen atoms in total. The summed E-state index contributed by atoms with van der Waals surface area (Å²) < 4.78 is 1.94. The van der Waals surface area contributed by atoms with Gasteiger partial charge < -0.3 is 0 Å². The van der Waals surface area contributed by atoms with Crippen molar-refractivity contribution in [2.75, 3.05) is 0 Å². The van der Waals surface area contributed by atoms with E-state index in [0.717, 1.165) is 32.0 Å². The first-order valence-corrected chi connectivity index (χ1v) is 5.56. The average molecular weight is 222 g/mol. The van der Waals surface area contributed by atoms with Crippen LogP contribution in [0.15, 0.2) is 18.2 Å². The van der Waals surface area contributed by atoms with Crippen LogP contribution in [0.25, 0.3) is 10.1 Å². The van der Waals surface area contributed by atoms with E-state index in [1.54, 1.807) is 11.3 Å². The van der Waals surface area contributed by atoms with Gasteiger partial charge in [0.2, 0.25) is 0 Å². The van der Waals surface area contributed by atoms with Crippen LogP contribution >= 0.6 is 22.9 Å². The molecular weight excluding hydrogens is 214 g/mol. The summed E-state index contributed by atoms with van der Waals surface area (Å²) in [6.07, 6.45) is 0.868. The van der Waals surface area contributed by atoms with Crippen LogP contribution in [0.1, 0.15) is 18.1 Å². The van der Waals surface area contributed by atoms with Gasteiger partial charge in [0.05, 0.1) is 16.0 Å². The summed E-state index contributed by atoms with van der Waals surface area (Å²) in [5.41, 5.74) is 1.86. The second-order valence-corrected chi connectivity index (χ2v) is 4.73. The van der Waals surface area contributed by atoms with Gasteiger partial charge in [-0.05, 0) is 35.6 Å². The van der Waals surface area contributed by atoms with E-state index in [4.69, 9.17) is 16.9 Å². The van der Waals surface area contributed by atoms with Crippen LogP contribution in [-0.4, -0.2) is 0 Å². The highest BCUT2D eigenvalue weighted by Gasteiger charge is 2.08. The van der Waals surface area contributed by atoms with E-state index < -0.39 is 0 Å². The Kier molecular flexibility index (Phi) is 2.45. The lowest BCUT2D eigenvalue weighted by atomic mass is 10.0. The largest absolute Gasteiger partial charge is 0.192 e. The molecule has 1 heterocycles. The minimum atomic E-state index is 0.759. The minimum absolute atomic E-state index is 0.759. The molecule has 0 aliphatic carbocycles. The third-order valence-electron chi connectivity index (χ3n) is 2.26. The van der Waals surface area contributed by atoms with E-state index in [2.05, 4.69) is 13.0 Å². The fraction of sp³-hybridized carbons (Fsp3) is 0.182. The van der Waals surface area contributed by atoms with Gasteiger partial charge in [-0.15, -0.1) is 11.3 Å². The third kappa shape index (κ3) is 1.39. The van der Waals surface area contributed by atoms with E-state index in [1.807, 2.05) is 18.2 Å². The number of halogens is 1. The van der Waals surface area contributed by atoms with Crippen molar-refractivity contribution in [2.45, 2.75) is 13.3 Å². The van der Waals surface area contributed by atoms with Crippen molar-refractivity contribution in [1.82, 2.24) is 0 Å². The maximum absolute atomic E-state index is 8.94. The molecule has 0 N–H and O–H groups in total. The molecule has 0 fully saturated rings. The molecule has 0 saturated carbocycles. The average Bonchev–Trinajstić information content (AvgIpc) is 2.56. The first kappa shape index (κ1) is 9.51. The van der Waals surface area contributed by atoms with Gasteiger partial charge in [-0.25, -0.2) is 0 Å². The molecule has 0 amide bonds. The normalized spacial score (nSPS) is 10.4. The summed E-state index contributed by atoms with van der Waals surface area (Å²) in [6.45, 7) is 2.06. The molecule has 2 aromatic rings. The highest BCUT2D eigenvalue weighted by Crippen LogP contribution is 2.33. The van der Waals surface area contributed by atoms with Crippen LogP contribution in [0.5, 0.6) is 0 Å². The highest BCUT2D eigenvalue weighted by molar-refractivity contribution is 7.22. The second-order valence-electron chi connectivity index (χ2n) is 3.02. The summed E-state index contributed by atoms with van der Waals surface area (Å²) >= 11 is 7.50. The number of nitrogens with zero attached hydrogens (tertiary/aromatic N) is 1. The van der Waals surface area contributed by atoms with Crippen molar-refractivity contribution < 1.29 is 0 Å². The molecular formula is C11H8ClNS. The molecule has 0 spiro atoms. The van der Waals surface area contributed by atoms with Crippen molar-refractivity contribution in [1.29, 1.82) is 5.26 Å². The van der Waals surface area contributed by atoms with E-state index in [9.17, 15) is 0 Å². The Morgan fingerprint density at radius 2 is 2.29 bits per heavy atom. The van der Waals surface area contributed by atoms with Crippen LogP contribution in [0.2, 0.25) is 4.34 Å². The van der Waals surface area contributed by atoms with E-state index in [-0.39, 0.29) is 0 Å². The lowest BCUT2D eigenvalue weighted by molar-refractivity contribution is 1.15. The Morgan fingerprint density at radius 3 is 2.93 bits per heavy atom. The number of hydrogen-bond acceptors (Lipinski definition) is 2. The van der Waals surface area contributed by atoms with Gasteiger partial charge in [0.1, 0.15) is 0 Å². The zero-order chi connectivity index (χ0) is 10.1. The van der Waals surface area contributed by atoms with Crippen LogP contribution in [0.3, 0.4) is 0 Å². The Balaban J connectivity index is 2.84. The van der Waals surface area contributed by atoms with Crippen molar-refractivity contribution in [3.8, 4) is 6.07 Å². The van der Waals surface area contributed by atoms with Gasteiger partial charge in [-0.3, -0.25) is 0 Å². The van der Waals surface area contributed by atoms with Gasteiger partial charge in [-0.1, -0.05) is 18.5 Å². The molecule has 14 heavy (non-hydrogen) atoms. The Morgan fingerprint density at radius 1 is 1.50 bits per heavy atom. The van der Waals surface area contributed by atoms with Gasteiger partial charge in [0.25, 0.3) is 0 Å². The van der Waals surface area contributed by atoms with Gasteiger partial charge in [-0.2, -0.15) is 5.26 Å². The van der Waals surface area contributed by atoms with E-state index >= 15 is 0 Å². The lowest BCUT2D eigenvalue weighted by Gasteiger charge is -2.01. The molecule has 0 aliphatic heterocycles. The van der Waals surface area contributed by atoms with Gasteiger partial charge in [0.15, 0.2) is 0 Å². The monoisotopic (exact) mass is 221 g/mol. The topological polar surface area (TPSA) is 23.8 Å². The summed E-state index contributed by atoms with van der Waals surface area (Å²) in [4.78, 5) is 0. The summed E-state index contributed by atoms with van der Waals surface area (Å²) in [7, 11) is 0. The number of thiophene rings is 1. The second kappa shape index (κ2) is 3.61. The van der Waals surface area contributed by atoms with Gasteiger partial charge in [0, 0.05) is 4.70 Å². The fourth-order valence-electron chi connectivity index (χ4n) is 1.62. The standard InChI is InChI=1S/C11H8ClNS/c1-2-8-7(6-13)3-4-10-9(8)5-11(12)14-10/h3-5H,2H2,1H3. The molecule has 70 valence electrons. The molecule has 0 radical (unpaired) electrons. The summed E-state index contributed by atoms with van der Waals surface area (Å²) in [6, 6.07) is 7.99. The Hall–Kier alpha value is -1.04. The van der Waals surface area contributed by atoms with Crippen molar-refractivity contribution in [3.05, 3.63) is 33.7 Å². The highest BCUT2D eigenvalue weighted by atomic mass is 35.5. The number of aryl methyl sites for hydroxylation is 1. The molecule has 3 heteroatoms. The zero-order valence-electron chi connectivity index (χ0n) is 7.67. The summed E-state index contributed by atoms with van der Waals surface area (Å²) in [5.74, 6) is 0. The zero-order valence-corrected chi connectivity index (χ0v) is 9.25. The SMILES string of the molecule is CCc1c(C#N)ccc2sc(Cl)cc12. The number of benzene rings is 1. The predicted molar refractivity (Wildman–Crippen MR) is 60.9 cm³/mol. The first-order chi connectivity index (χ1) is 6.76. The molecule has 2 rings (SSSR count). The fourth-order valence-corrected chi connectivity index (χ4v) is 2.80. The molecule has 1 aromatic heterocycles. The van der Waals surface area contributed by atoms with Gasteiger partial charge >= 0.3 is 0 Å². The van der Waals surface area contributed by atoms with Crippen LogP contribution < -0.4 is 0 Å². The molecule has 0 unspecified atom stereocenters. The molecule has 0 atom stereocenters. The molecule has 1 aromatic carbocycles. The molecule has 0 bridgehead atoms. The molecule has 0 aliphatic rings. The number of rotatable bonds is 1. The predicted octanol–water partition coefficient (Wildman–Crippen LogP) is 3.99. The van der Waals surface area contributed by atoms with Crippen molar-refractivity contribution in [2.24, 2.45) is 0 Å². The third-order valence-corrected chi connectivity index (χ3v) is 3.49. The number of fused-ring (bicyclic) bond motifs is 1. The maximum atomic E-state index is 8.94. The number of nitriles is 1. The first-order valence-electron chi connectivity index (χ1n) is 4.37. The quantitative estimate of drug-likeness (QED) is 0.715. The van der Waals surface area contributed by atoms with E-state index in [0.29, 0.717) is 0 Å². The van der Waals surface area contributed by atoms with E-state index in [1.165, 1.54) is 0 Å². The van der Waals surface area contributed by atoms with Crippen LogP contribution in [-0.2, 0) is 6.42 Å². The van der Waals surface area contributed by atoms with Crippen LogP contribution in [0, 0.1) is 11.3 Å².